The zero-order valence-electron chi connectivity index (χ0n) is 13.0. The average molecular weight is 302 g/mol. The maximum absolute atomic E-state index is 11.5. The van der Waals surface area contributed by atoms with Crippen molar-refractivity contribution in [1.29, 1.82) is 0 Å². The van der Waals surface area contributed by atoms with Crippen LogP contribution in [0.15, 0.2) is 36.5 Å². The van der Waals surface area contributed by atoms with Crippen LogP contribution in [0, 0.1) is 0 Å². The number of carbonyl (C=O) groups is 1. The normalized spacial score (nSPS) is 10.7. The van der Waals surface area contributed by atoms with Gasteiger partial charge >= 0.3 is 0 Å². The Kier molecular flexibility index (Phi) is 5.94. The lowest BCUT2D eigenvalue weighted by atomic mass is 10.2. The molecule has 0 radical (unpaired) electrons. The minimum atomic E-state index is 0.0720. The van der Waals surface area contributed by atoms with E-state index in [1.54, 1.807) is 4.68 Å². The highest BCUT2D eigenvalue weighted by Crippen LogP contribution is 2.10. The molecule has 0 bridgehead atoms. The summed E-state index contributed by atoms with van der Waals surface area (Å²) in [7, 11) is 0. The first-order valence-electron chi connectivity index (χ1n) is 7.49. The Bertz CT molecular complexity index is 581. The minimum Gasteiger partial charge on any atom is -0.487 e. The van der Waals surface area contributed by atoms with Gasteiger partial charge in [-0.15, -0.1) is 5.10 Å². The van der Waals surface area contributed by atoms with Crippen LogP contribution in [0.2, 0.25) is 0 Å². The predicted octanol–water partition coefficient (Wildman–Crippen LogP) is 2.16. The molecule has 22 heavy (non-hydrogen) atoms. The topological polar surface area (TPSA) is 69.0 Å². The van der Waals surface area contributed by atoms with Crippen molar-refractivity contribution >= 4 is 5.91 Å². The summed E-state index contributed by atoms with van der Waals surface area (Å²) in [5.74, 6) is 0.880. The Morgan fingerprint density at radius 3 is 2.82 bits per heavy atom. The minimum absolute atomic E-state index is 0.0720. The third kappa shape index (κ3) is 5.55. The molecule has 2 rings (SSSR count). The van der Waals surface area contributed by atoms with Crippen LogP contribution in [-0.2, 0) is 17.9 Å². The number of carbonyl (C=O) groups excluding carboxylic acids is 1. The molecule has 0 aliphatic carbocycles. The Morgan fingerprint density at radius 2 is 2.09 bits per heavy atom. The Labute approximate surface area is 130 Å². The SMILES string of the molecule is CC(C)NC(=O)CCCn1cc(COc2ccccc2)nn1. The van der Waals surface area contributed by atoms with Crippen molar-refractivity contribution in [3.8, 4) is 5.75 Å². The Balaban J connectivity index is 1.71. The molecule has 1 N–H and O–H groups in total. The van der Waals surface area contributed by atoms with Crippen LogP contribution in [0.25, 0.3) is 0 Å². The molecule has 0 saturated carbocycles. The van der Waals surface area contributed by atoms with Gasteiger partial charge in [-0.05, 0) is 32.4 Å². The molecule has 0 spiro atoms. The third-order valence-electron chi connectivity index (χ3n) is 2.96. The molecule has 1 aromatic carbocycles. The number of aryl methyl sites for hydroxylation is 1. The van der Waals surface area contributed by atoms with E-state index in [4.69, 9.17) is 4.74 Å². The summed E-state index contributed by atoms with van der Waals surface area (Å²) in [6.45, 7) is 4.96. The smallest absolute Gasteiger partial charge is 0.220 e. The van der Waals surface area contributed by atoms with E-state index < -0.39 is 0 Å². The van der Waals surface area contributed by atoms with E-state index in [2.05, 4.69) is 15.6 Å². The molecule has 1 amide bonds. The number of benzene rings is 1. The number of nitrogens with zero attached hydrogens (tertiary/aromatic N) is 3. The van der Waals surface area contributed by atoms with Crippen LogP contribution in [0.5, 0.6) is 5.75 Å². The molecule has 6 nitrogen and oxygen atoms in total. The molecule has 118 valence electrons. The largest absolute Gasteiger partial charge is 0.487 e. The lowest BCUT2D eigenvalue weighted by Gasteiger charge is -2.07. The van der Waals surface area contributed by atoms with E-state index in [1.807, 2.05) is 50.4 Å². The highest BCUT2D eigenvalue weighted by Gasteiger charge is 2.05. The van der Waals surface area contributed by atoms with Crippen LogP contribution < -0.4 is 10.1 Å². The first-order valence-corrected chi connectivity index (χ1v) is 7.49. The number of nitrogens with one attached hydrogen (secondary N) is 1. The van der Waals surface area contributed by atoms with E-state index in [-0.39, 0.29) is 11.9 Å². The summed E-state index contributed by atoms with van der Waals surface area (Å²) < 4.78 is 7.35. The fourth-order valence-electron chi connectivity index (χ4n) is 1.98. The molecular weight excluding hydrogens is 280 g/mol. The van der Waals surface area contributed by atoms with Crippen molar-refractivity contribution in [3.63, 3.8) is 0 Å². The van der Waals surface area contributed by atoms with Gasteiger partial charge < -0.3 is 10.1 Å². The fourth-order valence-corrected chi connectivity index (χ4v) is 1.98. The highest BCUT2D eigenvalue weighted by atomic mass is 16.5. The van der Waals surface area contributed by atoms with Crippen LogP contribution in [0.4, 0.5) is 0 Å². The monoisotopic (exact) mass is 302 g/mol. The van der Waals surface area contributed by atoms with Crippen molar-refractivity contribution in [2.75, 3.05) is 0 Å². The van der Waals surface area contributed by atoms with Gasteiger partial charge in [-0.3, -0.25) is 9.48 Å². The lowest BCUT2D eigenvalue weighted by molar-refractivity contribution is -0.121. The second-order valence-corrected chi connectivity index (χ2v) is 5.40. The van der Waals surface area contributed by atoms with Gasteiger partial charge in [0.15, 0.2) is 0 Å². The maximum Gasteiger partial charge on any atom is 0.220 e. The van der Waals surface area contributed by atoms with Gasteiger partial charge in [0.1, 0.15) is 18.1 Å². The van der Waals surface area contributed by atoms with E-state index >= 15 is 0 Å². The van der Waals surface area contributed by atoms with Gasteiger partial charge in [-0.25, -0.2) is 0 Å². The molecule has 0 unspecified atom stereocenters. The van der Waals surface area contributed by atoms with Gasteiger partial charge in [0.2, 0.25) is 5.91 Å². The van der Waals surface area contributed by atoms with Gasteiger partial charge in [0.05, 0.1) is 6.20 Å². The van der Waals surface area contributed by atoms with E-state index in [0.717, 1.165) is 17.9 Å². The lowest BCUT2D eigenvalue weighted by Crippen LogP contribution is -2.29. The standard InChI is InChI=1S/C16H22N4O2/c1-13(2)17-16(21)9-6-10-20-11-14(18-19-20)12-22-15-7-4-3-5-8-15/h3-5,7-8,11,13H,6,9-10,12H2,1-2H3,(H,17,21). The fraction of sp³-hybridized carbons (Fsp3) is 0.438. The Hall–Kier alpha value is -2.37. The summed E-state index contributed by atoms with van der Waals surface area (Å²) in [5.41, 5.74) is 0.774. The Morgan fingerprint density at radius 1 is 1.32 bits per heavy atom. The molecule has 0 fully saturated rings. The summed E-state index contributed by atoms with van der Waals surface area (Å²) in [4.78, 5) is 11.5. The van der Waals surface area contributed by atoms with Gasteiger partial charge in [-0.1, -0.05) is 23.4 Å². The number of amides is 1. The molecule has 1 heterocycles. The van der Waals surface area contributed by atoms with Gasteiger partial charge in [0, 0.05) is 19.0 Å². The molecule has 2 aromatic rings. The molecule has 0 atom stereocenters. The maximum atomic E-state index is 11.5. The van der Waals surface area contributed by atoms with Gasteiger partial charge in [-0.2, -0.15) is 0 Å². The van der Waals surface area contributed by atoms with Crippen molar-refractivity contribution in [2.24, 2.45) is 0 Å². The van der Waals surface area contributed by atoms with Gasteiger partial charge in [0.25, 0.3) is 0 Å². The first kappa shape index (κ1) is 16.0. The average Bonchev–Trinajstić information content (AvgIpc) is 2.93. The summed E-state index contributed by atoms with van der Waals surface area (Å²) in [5, 5.41) is 11.0. The number of rotatable bonds is 8. The number of hydrogen-bond acceptors (Lipinski definition) is 4. The number of hydrogen-bond donors (Lipinski definition) is 1. The summed E-state index contributed by atoms with van der Waals surface area (Å²) in [6, 6.07) is 9.78. The zero-order chi connectivity index (χ0) is 15.8. The number of para-hydroxylation sites is 1. The van der Waals surface area contributed by atoms with E-state index in [9.17, 15) is 4.79 Å². The zero-order valence-corrected chi connectivity index (χ0v) is 13.0. The van der Waals surface area contributed by atoms with E-state index in [0.29, 0.717) is 19.6 Å². The second-order valence-electron chi connectivity index (χ2n) is 5.40. The van der Waals surface area contributed by atoms with Crippen molar-refractivity contribution < 1.29 is 9.53 Å². The molecule has 6 heteroatoms. The quantitative estimate of drug-likeness (QED) is 0.811. The third-order valence-corrected chi connectivity index (χ3v) is 2.96. The van der Waals surface area contributed by atoms with Crippen LogP contribution in [0.1, 0.15) is 32.4 Å². The van der Waals surface area contributed by atoms with Crippen LogP contribution >= 0.6 is 0 Å². The number of ether oxygens (including phenoxy) is 1. The second kappa shape index (κ2) is 8.17. The molecule has 1 aromatic heterocycles. The summed E-state index contributed by atoms with van der Waals surface area (Å²) in [6.07, 6.45) is 3.08. The molecule has 0 aliphatic rings. The summed E-state index contributed by atoms with van der Waals surface area (Å²) >= 11 is 0. The molecule has 0 aliphatic heterocycles. The van der Waals surface area contributed by atoms with E-state index in [1.165, 1.54) is 0 Å². The van der Waals surface area contributed by atoms with Crippen molar-refractivity contribution in [3.05, 3.63) is 42.2 Å². The van der Waals surface area contributed by atoms with Crippen LogP contribution in [-0.4, -0.2) is 26.9 Å². The predicted molar refractivity (Wildman–Crippen MR) is 83.3 cm³/mol. The first-order chi connectivity index (χ1) is 10.6. The molecular formula is C16H22N4O2. The molecule has 0 saturated heterocycles. The highest BCUT2D eigenvalue weighted by molar-refractivity contribution is 5.76. The van der Waals surface area contributed by atoms with Crippen molar-refractivity contribution in [2.45, 2.75) is 45.9 Å². The number of aromatic nitrogens is 3. The van der Waals surface area contributed by atoms with Crippen LogP contribution in [0.3, 0.4) is 0 Å². The van der Waals surface area contributed by atoms with Crippen molar-refractivity contribution in [1.82, 2.24) is 20.3 Å².